The molecule has 1 heterocycles. The number of hydrogen-bond acceptors (Lipinski definition) is 3. The molecular formula is C20H29N5O. The summed E-state index contributed by atoms with van der Waals surface area (Å²) in [6.45, 7) is 3.32. The van der Waals surface area contributed by atoms with Crippen LogP contribution in [0, 0.1) is 5.92 Å². The highest BCUT2D eigenvalue weighted by molar-refractivity contribution is 5.79. The molecule has 0 spiro atoms. The van der Waals surface area contributed by atoms with E-state index in [9.17, 15) is 0 Å². The normalized spacial score (nSPS) is 14.5. The third kappa shape index (κ3) is 5.59. The van der Waals surface area contributed by atoms with Gasteiger partial charge in [0.15, 0.2) is 5.96 Å². The second-order valence-corrected chi connectivity index (χ2v) is 6.79. The summed E-state index contributed by atoms with van der Waals surface area (Å²) < 4.78 is 7.62. The number of guanidine groups is 1. The quantitative estimate of drug-likeness (QED) is 0.426. The highest BCUT2D eigenvalue weighted by Gasteiger charge is 2.21. The zero-order valence-corrected chi connectivity index (χ0v) is 15.8. The van der Waals surface area contributed by atoms with Crippen molar-refractivity contribution in [1.29, 1.82) is 0 Å². The van der Waals surface area contributed by atoms with E-state index >= 15 is 0 Å². The summed E-state index contributed by atoms with van der Waals surface area (Å²) in [5.41, 5.74) is 2.28. The second kappa shape index (κ2) is 9.38. The molecule has 1 aliphatic carbocycles. The molecule has 1 aliphatic rings. The van der Waals surface area contributed by atoms with Crippen molar-refractivity contribution in [3.8, 4) is 5.69 Å². The Balaban J connectivity index is 1.39. The average molecular weight is 355 g/mol. The lowest BCUT2D eigenvalue weighted by Crippen LogP contribution is -2.41. The van der Waals surface area contributed by atoms with Crippen LogP contribution in [0.5, 0.6) is 0 Å². The zero-order valence-electron chi connectivity index (χ0n) is 15.8. The number of benzene rings is 1. The first kappa shape index (κ1) is 18.5. The van der Waals surface area contributed by atoms with Gasteiger partial charge in [0.25, 0.3) is 0 Å². The third-order valence-electron chi connectivity index (χ3n) is 4.55. The van der Waals surface area contributed by atoms with Gasteiger partial charge in [-0.25, -0.2) is 4.68 Å². The SMILES string of the molecule is CN=C(NCCc1cnn(-c2ccccc2)c1)N(C)CCOCC1CC1. The summed E-state index contributed by atoms with van der Waals surface area (Å²) in [7, 11) is 3.86. The van der Waals surface area contributed by atoms with E-state index in [0.717, 1.165) is 50.3 Å². The average Bonchev–Trinajstić information content (AvgIpc) is 3.38. The lowest BCUT2D eigenvalue weighted by atomic mass is 10.2. The summed E-state index contributed by atoms with van der Waals surface area (Å²) in [4.78, 5) is 6.46. The van der Waals surface area contributed by atoms with E-state index in [1.807, 2.05) is 43.2 Å². The third-order valence-corrected chi connectivity index (χ3v) is 4.55. The van der Waals surface area contributed by atoms with Crippen molar-refractivity contribution >= 4 is 5.96 Å². The highest BCUT2D eigenvalue weighted by atomic mass is 16.5. The first-order chi connectivity index (χ1) is 12.8. The number of aliphatic imine (C=N–C) groups is 1. The predicted octanol–water partition coefficient (Wildman–Crippen LogP) is 2.35. The summed E-state index contributed by atoms with van der Waals surface area (Å²) in [5, 5.41) is 7.85. The molecule has 2 aromatic rings. The minimum Gasteiger partial charge on any atom is -0.379 e. The Morgan fingerprint density at radius 3 is 2.88 bits per heavy atom. The Hall–Kier alpha value is -2.34. The Bertz CT molecular complexity index is 693. The van der Waals surface area contributed by atoms with Gasteiger partial charge in [-0.3, -0.25) is 4.99 Å². The smallest absolute Gasteiger partial charge is 0.193 e. The maximum absolute atomic E-state index is 5.71. The van der Waals surface area contributed by atoms with Crippen LogP contribution >= 0.6 is 0 Å². The van der Waals surface area contributed by atoms with Gasteiger partial charge in [-0.05, 0) is 42.9 Å². The molecule has 1 aromatic carbocycles. The molecule has 0 saturated heterocycles. The van der Waals surface area contributed by atoms with Crippen LogP contribution in [0.15, 0.2) is 47.7 Å². The predicted molar refractivity (Wildman–Crippen MR) is 105 cm³/mol. The molecule has 26 heavy (non-hydrogen) atoms. The lowest BCUT2D eigenvalue weighted by Gasteiger charge is -2.22. The van der Waals surface area contributed by atoms with E-state index in [2.05, 4.69) is 38.6 Å². The molecule has 0 amide bonds. The molecule has 1 N–H and O–H groups in total. The van der Waals surface area contributed by atoms with Gasteiger partial charge in [0.1, 0.15) is 0 Å². The highest BCUT2D eigenvalue weighted by Crippen LogP contribution is 2.28. The maximum Gasteiger partial charge on any atom is 0.193 e. The summed E-state index contributed by atoms with van der Waals surface area (Å²) >= 11 is 0. The van der Waals surface area contributed by atoms with Crippen LogP contribution in [-0.2, 0) is 11.2 Å². The Kier molecular flexibility index (Phi) is 6.66. The summed E-state index contributed by atoms with van der Waals surface area (Å²) in [5.74, 6) is 1.71. The van der Waals surface area contributed by atoms with Gasteiger partial charge in [0.2, 0.25) is 0 Å². The maximum atomic E-state index is 5.71. The molecule has 0 bridgehead atoms. The molecule has 1 saturated carbocycles. The fraction of sp³-hybridized carbons (Fsp3) is 0.500. The monoisotopic (exact) mass is 355 g/mol. The molecular weight excluding hydrogens is 326 g/mol. The van der Waals surface area contributed by atoms with E-state index < -0.39 is 0 Å². The number of para-hydroxylation sites is 1. The van der Waals surface area contributed by atoms with Crippen LogP contribution < -0.4 is 5.32 Å². The number of hydrogen-bond donors (Lipinski definition) is 1. The molecule has 1 aromatic heterocycles. The van der Waals surface area contributed by atoms with Gasteiger partial charge in [0.05, 0.1) is 18.5 Å². The molecule has 0 atom stereocenters. The number of ether oxygens (including phenoxy) is 1. The molecule has 140 valence electrons. The second-order valence-electron chi connectivity index (χ2n) is 6.79. The summed E-state index contributed by atoms with van der Waals surface area (Å²) in [6.07, 6.45) is 7.57. The van der Waals surface area contributed by atoms with E-state index in [0.29, 0.717) is 0 Å². The van der Waals surface area contributed by atoms with Gasteiger partial charge in [-0.1, -0.05) is 18.2 Å². The zero-order chi connectivity index (χ0) is 18.2. The van der Waals surface area contributed by atoms with E-state index in [-0.39, 0.29) is 0 Å². The van der Waals surface area contributed by atoms with Crippen LogP contribution in [0.3, 0.4) is 0 Å². The molecule has 1 fully saturated rings. The van der Waals surface area contributed by atoms with Crippen molar-refractivity contribution in [2.45, 2.75) is 19.3 Å². The van der Waals surface area contributed by atoms with Crippen LogP contribution in [0.25, 0.3) is 5.69 Å². The fourth-order valence-corrected chi connectivity index (χ4v) is 2.76. The van der Waals surface area contributed by atoms with Crippen LogP contribution in [0.4, 0.5) is 0 Å². The van der Waals surface area contributed by atoms with Gasteiger partial charge in [0, 0.05) is 40.0 Å². The minimum absolute atomic E-state index is 0.748. The molecule has 3 rings (SSSR count). The number of nitrogens with one attached hydrogen (secondary N) is 1. The van der Waals surface area contributed by atoms with Crippen molar-refractivity contribution in [3.05, 3.63) is 48.3 Å². The molecule has 0 aliphatic heterocycles. The Morgan fingerprint density at radius 2 is 2.15 bits per heavy atom. The number of aromatic nitrogens is 2. The lowest BCUT2D eigenvalue weighted by molar-refractivity contribution is 0.115. The first-order valence-electron chi connectivity index (χ1n) is 9.35. The number of nitrogens with zero attached hydrogens (tertiary/aromatic N) is 4. The first-order valence-corrected chi connectivity index (χ1v) is 9.35. The van der Waals surface area contributed by atoms with Crippen LogP contribution in [-0.4, -0.2) is 61.0 Å². The molecule has 0 unspecified atom stereocenters. The van der Waals surface area contributed by atoms with E-state index in [1.54, 1.807) is 0 Å². The van der Waals surface area contributed by atoms with Gasteiger partial charge < -0.3 is 15.0 Å². The standard InChI is InChI=1S/C20H29N5O/c1-21-20(24(2)12-13-26-16-17-8-9-17)22-11-10-18-14-23-25(15-18)19-6-4-3-5-7-19/h3-7,14-15,17H,8-13,16H2,1-2H3,(H,21,22). The van der Waals surface area contributed by atoms with Crippen LogP contribution in [0.2, 0.25) is 0 Å². The Labute approximate surface area is 155 Å². The minimum atomic E-state index is 0.748. The molecule has 6 heteroatoms. The number of rotatable bonds is 9. The van der Waals surface area contributed by atoms with Gasteiger partial charge in [-0.2, -0.15) is 5.10 Å². The van der Waals surface area contributed by atoms with Crippen molar-refractivity contribution in [1.82, 2.24) is 20.0 Å². The van der Waals surface area contributed by atoms with Crippen molar-refractivity contribution in [2.75, 3.05) is 40.4 Å². The fourth-order valence-electron chi connectivity index (χ4n) is 2.76. The topological polar surface area (TPSA) is 54.7 Å². The van der Waals surface area contributed by atoms with Gasteiger partial charge >= 0.3 is 0 Å². The van der Waals surface area contributed by atoms with Crippen LogP contribution in [0.1, 0.15) is 18.4 Å². The summed E-state index contributed by atoms with van der Waals surface area (Å²) in [6, 6.07) is 10.2. The molecule has 0 radical (unpaired) electrons. The van der Waals surface area contributed by atoms with Gasteiger partial charge in [-0.15, -0.1) is 0 Å². The molecule has 6 nitrogen and oxygen atoms in total. The van der Waals surface area contributed by atoms with Crippen molar-refractivity contribution in [2.24, 2.45) is 10.9 Å². The van der Waals surface area contributed by atoms with Crippen molar-refractivity contribution in [3.63, 3.8) is 0 Å². The van der Waals surface area contributed by atoms with Crippen molar-refractivity contribution < 1.29 is 4.74 Å². The van der Waals surface area contributed by atoms with E-state index in [1.165, 1.54) is 18.4 Å². The Morgan fingerprint density at radius 1 is 1.35 bits per heavy atom. The van der Waals surface area contributed by atoms with E-state index in [4.69, 9.17) is 4.74 Å². The number of likely N-dealkylation sites (N-methyl/N-ethyl adjacent to an activating group) is 1. The largest absolute Gasteiger partial charge is 0.379 e.